The number of rotatable bonds is 5. The molecule has 3 aromatic rings. The maximum absolute atomic E-state index is 13.2. The maximum atomic E-state index is 13.2. The largest absolute Gasteiger partial charge is 0.503 e. The van der Waals surface area contributed by atoms with E-state index < -0.39 is 10.9 Å². The van der Waals surface area contributed by atoms with Gasteiger partial charge in [0.15, 0.2) is 17.2 Å². The zero-order chi connectivity index (χ0) is 23.7. The highest BCUT2D eigenvalue weighted by Gasteiger charge is 2.37. The van der Waals surface area contributed by atoms with Gasteiger partial charge in [-0.05, 0) is 24.3 Å². The lowest BCUT2D eigenvalue weighted by Crippen LogP contribution is -2.45. The van der Waals surface area contributed by atoms with E-state index in [4.69, 9.17) is 14.2 Å². The normalized spacial score (nSPS) is 14.4. The first kappa shape index (κ1) is 22.8. The molecular weight excluding hydrogens is 444 g/mol. The van der Waals surface area contributed by atoms with Crippen LogP contribution in [0.1, 0.15) is 10.4 Å². The Hall–Kier alpha value is -3.33. The van der Waals surface area contributed by atoms with Gasteiger partial charge in [-0.1, -0.05) is 12.1 Å². The Morgan fingerprint density at radius 1 is 1.00 bits per heavy atom. The Bertz CT molecular complexity index is 1240. The van der Waals surface area contributed by atoms with Crippen LogP contribution < -0.4 is 19.8 Å². The number of amides is 1. The molecule has 2 aromatic carbocycles. The van der Waals surface area contributed by atoms with Crippen molar-refractivity contribution in [2.75, 3.05) is 45.9 Å². The molecule has 1 N–H and O–H groups in total. The molecule has 9 heteroatoms. The molecule has 1 saturated heterocycles. The fourth-order valence-corrected chi connectivity index (χ4v) is 6.42. The van der Waals surface area contributed by atoms with E-state index in [0.29, 0.717) is 63.2 Å². The molecule has 1 aliphatic heterocycles. The van der Waals surface area contributed by atoms with Crippen LogP contribution in [0.2, 0.25) is 0 Å². The quantitative estimate of drug-likeness (QED) is 0.575. The van der Waals surface area contributed by atoms with Crippen LogP contribution in [0.4, 0.5) is 0 Å². The van der Waals surface area contributed by atoms with Gasteiger partial charge in [0.05, 0.1) is 39.9 Å². The monoisotopic (exact) mass is 471 g/mol. The van der Waals surface area contributed by atoms with Crippen molar-refractivity contribution in [2.24, 2.45) is 7.05 Å². The molecule has 0 bridgehead atoms. The van der Waals surface area contributed by atoms with Crippen LogP contribution >= 0.6 is 0 Å². The number of hydrogen-bond acceptors (Lipinski definition) is 6. The average molecular weight is 472 g/mol. The molecule has 0 radical (unpaired) electrons. The van der Waals surface area contributed by atoms with E-state index in [-0.39, 0.29) is 17.2 Å². The van der Waals surface area contributed by atoms with Gasteiger partial charge in [0.2, 0.25) is 5.75 Å². The van der Waals surface area contributed by atoms with E-state index in [0.717, 1.165) is 0 Å². The zero-order valence-corrected chi connectivity index (χ0v) is 19.9. The molecule has 0 spiro atoms. The molecule has 0 aliphatic carbocycles. The molecule has 0 atom stereocenters. The zero-order valence-electron chi connectivity index (χ0n) is 19.1. The van der Waals surface area contributed by atoms with Crippen molar-refractivity contribution in [2.45, 2.75) is 4.90 Å². The van der Waals surface area contributed by atoms with E-state index in [2.05, 4.69) is 0 Å². The van der Waals surface area contributed by atoms with Crippen LogP contribution in [0.25, 0.3) is 10.9 Å². The lowest BCUT2D eigenvalue weighted by Gasteiger charge is -2.27. The van der Waals surface area contributed by atoms with Gasteiger partial charge in [-0.2, -0.15) is 0 Å². The summed E-state index contributed by atoms with van der Waals surface area (Å²) in [4.78, 5) is 28.4. The van der Waals surface area contributed by atoms with Gasteiger partial charge in [0.1, 0.15) is 11.5 Å². The summed E-state index contributed by atoms with van der Waals surface area (Å²) in [5, 5.41) is 11.6. The number of benzene rings is 2. The van der Waals surface area contributed by atoms with Gasteiger partial charge in [0.25, 0.3) is 10.8 Å². The second kappa shape index (κ2) is 9.27. The summed E-state index contributed by atoms with van der Waals surface area (Å²) in [6.07, 6.45) is 0. The molecule has 174 valence electrons. The summed E-state index contributed by atoms with van der Waals surface area (Å²) in [5.41, 5.74) is 0.957. The third kappa shape index (κ3) is 3.97. The van der Waals surface area contributed by atoms with Crippen LogP contribution in [0.15, 0.2) is 46.1 Å². The summed E-state index contributed by atoms with van der Waals surface area (Å²) in [6, 6.07) is 10.6. The predicted octanol–water partition coefficient (Wildman–Crippen LogP) is 2.40. The number of para-hydroxylation sites is 1. The summed E-state index contributed by atoms with van der Waals surface area (Å²) in [7, 11) is 5.80. The maximum Gasteiger partial charge on any atom is 0.310 e. The molecule has 0 saturated carbocycles. The first-order valence-electron chi connectivity index (χ1n) is 10.5. The van der Waals surface area contributed by atoms with Gasteiger partial charge in [0, 0.05) is 28.9 Å². The van der Waals surface area contributed by atoms with Crippen molar-refractivity contribution in [1.29, 1.82) is 0 Å². The fraction of sp³-hybridized carbons (Fsp3) is 0.333. The molecule has 1 aliphatic rings. The van der Waals surface area contributed by atoms with Gasteiger partial charge < -0.3 is 28.8 Å². The number of pyridine rings is 1. The Morgan fingerprint density at radius 2 is 1.61 bits per heavy atom. The van der Waals surface area contributed by atoms with E-state index in [9.17, 15) is 14.7 Å². The number of aryl methyl sites for hydroxylation is 1. The minimum atomic E-state index is -0.455. The van der Waals surface area contributed by atoms with Crippen LogP contribution in [-0.4, -0.2) is 66.4 Å². The number of methoxy groups -OCH3 is 3. The molecule has 1 amide bonds. The van der Waals surface area contributed by atoms with Crippen molar-refractivity contribution in [3.63, 3.8) is 0 Å². The summed E-state index contributed by atoms with van der Waals surface area (Å²) in [5.74, 6) is 2.39. The highest BCUT2D eigenvalue weighted by molar-refractivity contribution is 7.97. The smallest absolute Gasteiger partial charge is 0.310 e. The molecule has 1 aromatic heterocycles. The second-order valence-corrected chi connectivity index (χ2v) is 9.88. The standard InChI is InChI=1S/C24H26N2O6S/c1-25-17-8-6-5-7-16(17)20(27)22(24(25)29)33-11-9-26(10-12-33)23(28)15-13-18(30-2)21(32-4)19(14-15)31-3/h5-8,13-14H,9-12H2,1-4H3/p+1. The van der Waals surface area contributed by atoms with Crippen molar-refractivity contribution in [3.8, 4) is 23.0 Å². The number of ether oxygens (including phenoxy) is 3. The van der Waals surface area contributed by atoms with Crippen LogP contribution in [0.5, 0.6) is 23.0 Å². The first-order valence-corrected chi connectivity index (χ1v) is 12.0. The molecule has 1 fully saturated rings. The summed E-state index contributed by atoms with van der Waals surface area (Å²) < 4.78 is 17.7. The van der Waals surface area contributed by atoms with Crippen molar-refractivity contribution < 1.29 is 24.1 Å². The molecule has 2 heterocycles. The minimum absolute atomic E-state index is 0.0569. The fourth-order valence-electron chi connectivity index (χ4n) is 4.16. The van der Waals surface area contributed by atoms with E-state index in [1.165, 1.54) is 21.3 Å². The topological polar surface area (TPSA) is 90.2 Å². The summed E-state index contributed by atoms with van der Waals surface area (Å²) >= 11 is 0. The Morgan fingerprint density at radius 3 is 2.18 bits per heavy atom. The SMILES string of the molecule is COc1cc(C(=O)N2CC[S+](c3c(O)c4ccccc4n(C)c3=O)CC2)cc(OC)c1OC. The lowest BCUT2D eigenvalue weighted by molar-refractivity contribution is 0.0770. The van der Waals surface area contributed by atoms with Crippen LogP contribution in [0, 0.1) is 0 Å². The summed E-state index contributed by atoms with van der Waals surface area (Å²) in [6.45, 7) is 0.960. The molecule has 33 heavy (non-hydrogen) atoms. The number of carbonyl (C=O) groups is 1. The van der Waals surface area contributed by atoms with Gasteiger partial charge in [-0.3, -0.25) is 9.59 Å². The number of fused-ring (bicyclic) bond motifs is 1. The van der Waals surface area contributed by atoms with Crippen molar-refractivity contribution in [3.05, 3.63) is 52.3 Å². The number of nitrogens with zero attached hydrogens (tertiary/aromatic N) is 2. The minimum Gasteiger partial charge on any atom is -0.503 e. The number of aromatic hydroxyl groups is 1. The molecule has 4 rings (SSSR count). The van der Waals surface area contributed by atoms with Crippen molar-refractivity contribution >= 4 is 27.7 Å². The van der Waals surface area contributed by atoms with Gasteiger partial charge >= 0.3 is 5.56 Å². The Balaban J connectivity index is 1.58. The molecular formula is C24H27N2O6S+. The van der Waals surface area contributed by atoms with Gasteiger partial charge in [-0.15, -0.1) is 0 Å². The van der Waals surface area contributed by atoms with Gasteiger partial charge in [-0.25, -0.2) is 0 Å². The van der Waals surface area contributed by atoms with Crippen LogP contribution in [-0.2, 0) is 17.9 Å². The number of carbonyl (C=O) groups excluding carboxylic acids is 1. The second-order valence-electron chi connectivity index (χ2n) is 7.67. The highest BCUT2D eigenvalue weighted by Crippen LogP contribution is 2.38. The average Bonchev–Trinajstić information content (AvgIpc) is 2.86. The molecule has 0 unspecified atom stereocenters. The predicted molar refractivity (Wildman–Crippen MR) is 128 cm³/mol. The number of aromatic nitrogens is 1. The van der Waals surface area contributed by atoms with Crippen molar-refractivity contribution in [1.82, 2.24) is 9.47 Å². The Kier molecular flexibility index (Phi) is 6.42. The number of hydrogen-bond donors (Lipinski definition) is 1. The highest BCUT2D eigenvalue weighted by atomic mass is 32.2. The van der Waals surface area contributed by atoms with Crippen LogP contribution in [0.3, 0.4) is 0 Å². The first-order chi connectivity index (χ1) is 15.9. The Labute approximate surface area is 194 Å². The third-order valence-corrected chi connectivity index (χ3v) is 8.23. The lowest BCUT2D eigenvalue weighted by atomic mass is 10.1. The van der Waals surface area contributed by atoms with E-state index >= 15 is 0 Å². The van der Waals surface area contributed by atoms with E-state index in [1.54, 1.807) is 28.6 Å². The third-order valence-electron chi connectivity index (χ3n) is 5.94. The van der Waals surface area contributed by atoms with E-state index in [1.807, 2.05) is 24.3 Å². The molecule has 8 nitrogen and oxygen atoms in total.